The molecule has 7 nitrogen and oxygen atoms in total. The lowest BCUT2D eigenvalue weighted by Gasteiger charge is -2.41. The van der Waals surface area contributed by atoms with E-state index in [4.69, 9.17) is 10.4 Å². The zero-order valence-electron chi connectivity index (χ0n) is 25.9. The van der Waals surface area contributed by atoms with E-state index < -0.39 is 15.4 Å². The Balaban J connectivity index is 1.33. The number of fused-ring (bicyclic) bond motifs is 1. The maximum Gasteiger partial charge on any atom is 0.187 e. The second-order valence-corrected chi connectivity index (χ2v) is 15.1. The van der Waals surface area contributed by atoms with Crippen LogP contribution in [-0.2, 0) is 15.4 Å². The first kappa shape index (κ1) is 30.6. The molecule has 0 saturated carbocycles. The van der Waals surface area contributed by atoms with Gasteiger partial charge in [0.1, 0.15) is 15.4 Å². The highest BCUT2D eigenvalue weighted by Crippen LogP contribution is 2.45. The smallest absolute Gasteiger partial charge is 0.187 e. The Kier molecular flexibility index (Phi) is 8.22. The van der Waals surface area contributed by atoms with Gasteiger partial charge in [-0.25, -0.2) is 13.4 Å². The Labute approximate surface area is 278 Å². The van der Waals surface area contributed by atoms with Gasteiger partial charge in [-0.15, -0.1) is 11.3 Å². The van der Waals surface area contributed by atoms with Crippen molar-refractivity contribution >= 4 is 26.8 Å². The summed E-state index contributed by atoms with van der Waals surface area (Å²) in [6, 6.07) is 30.8. The molecule has 1 aliphatic rings. The van der Waals surface area contributed by atoms with Crippen LogP contribution in [0.3, 0.4) is 0 Å². The van der Waals surface area contributed by atoms with Gasteiger partial charge in [0.15, 0.2) is 9.84 Å². The number of rotatable bonds is 10. The van der Waals surface area contributed by atoms with E-state index in [1.54, 1.807) is 12.3 Å². The minimum absolute atomic E-state index is 0.0402. The molecule has 234 valence electrons. The first-order chi connectivity index (χ1) is 22.9. The Bertz CT molecular complexity index is 2220. The standard InChI is InChI=1S/C38H33N5O2S2/c1-28-33(29-19-21-36-40-25-34(42(36)26-29)35-20-22-37(46-35)47(44,45)24-12-11-23-39)27-43(41-28)38(30-13-5-2-6-14-30,31-15-7-3-8-16-31)32-17-9-4-10-18-32/h2-10,13-17,19-22,25-27,32H,11-12,18,24H2,1H3. The van der Waals surface area contributed by atoms with E-state index in [1.807, 2.05) is 41.7 Å². The molecule has 6 aromatic rings. The normalized spacial score (nSPS) is 14.9. The van der Waals surface area contributed by atoms with Crippen molar-refractivity contribution in [2.75, 3.05) is 5.75 Å². The third-order valence-corrected chi connectivity index (χ3v) is 12.4. The predicted molar refractivity (Wildman–Crippen MR) is 187 cm³/mol. The van der Waals surface area contributed by atoms with Gasteiger partial charge in [-0.05, 0) is 55.2 Å². The van der Waals surface area contributed by atoms with Crippen LogP contribution in [0.5, 0.6) is 0 Å². The molecular weight excluding hydrogens is 623 g/mol. The summed E-state index contributed by atoms with van der Waals surface area (Å²) in [5, 5.41) is 14.1. The van der Waals surface area contributed by atoms with Gasteiger partial charge in [0.05, 0.1) is 34.3 Å². The first-order valence-electron chi connectivity index (χ1n) is 15.6. The fourth-order valence-electron chi connectivity index (χ4n) is 6.62. The fourth-order valence-corrected chi connectivity index (χ4v) is 9.39. The van der Waals surface area contributed by atoms with E-state index >= 15 is 0 Å². The van der Waals surface area contributed by atoms with E-state index in [9.17, 15) is 8.42 Å². The molecule has 0 N–H and O–H groups in total. The van der Waals surface area contributed by atoms with Crippen LogP contribution >= 0.6 is 11.3 Å². The molecule has 47 heavy (non-hydrogen) atoms. The number of aromatic nitrogens is 4. The van der Waals surface area contributed by atoms with Crippen LogP contribution in [0.15, 0.2) is 132 Å². The molecule has 9 heteroatoms. The summed E-state index contributed by atoms with van der Waals surface area (Å²) in [7, 11) is -3.46. The number of pyridine rings is 1. The molecule has 0 amide bonds. The number of thiophene rings is 1. The van der Waals surface area contributed by atoms with Crippen molar-refractivity contribution in [2.24, 2.45) is 5.92 Å². The van der Waals surface area contributed by atoms with E-state index in [0.717, 1.165) is 50.6 Å². The summed E-state index contributed by atoms with van der Waals surface area (Å²) in [6.45, 7) is 2.05. The fraction of sp³-hybridized carbons (Fsp3) is 0.184. The van der Waals surface area contributed by atoms with Crippen molar-refractivity contribution < 1.29 is 8.42 Å². The van der Waals surface area contributed by atoms with E-state index in [-0.39, 0.29) is 18.1 Å². The number of benzene rings is 2. The van der Waals surface area contributed by atoms with Gasteiger partial charge < -0.3 is 0 Å². The molecule has 0 saturated heterocycles. The maximum absolute atomic E-state index is 12.9. The summed E-state index contributed by atoms with van der Waals surface area (Å²) in [6.07, 6.45) is 16.2. The van der Waals surface area contributed by atoms with Crippen LogP contribution in [0.1, 0.15) is 36.1 Å². The van der Waals surface area contributed by atoms with Crippen molar-refractivity contribution in [2.45, 2.75) is 35.9 Å². The van der Waals surface area contributed by atoms with Gasteiger partial charge >= 0.3 is 0 Å². The van der Waals surface area contributed by atoms with Crippen LogP contribution < -0.4 is 0 Å². The third-order valence-electron chi connectivity index (χ3n) is 8.86. The molecule has 0 bridgehead atoms. The highest BCUT2D eigenvalue weighted by molar-refractivity contribution is 7.93. The number of imidazole rings is 1. The lowest BCUT2D eigenvalue weighted by atomic mass is 9.70. The Hall–Kier alpha value is -5.04. The number of nitrogens with zero attached hydrogens (tertiary/aromatic N) is 5. The average Bonchev–Trinajstić information content (AvgIpc) is 3.86. The molecule has 4 heterocycles. The molecule has 1 aliphatic carbocycles. The number of unbranched alkanes of at least 4 members (excludes halogenated alkanes) is 1. The summed E-state index contributed by atoms with van der Waals surface area (Å²) >= 11 is 1.23. The van der Waals surface area contributed by atoms with Crippen LogP contribution in [-0.4, -0.2) is 33.3 Å². The zero-order chi connectivity index (χ0) is 32.4. The summed E-state index contributed by atoms with van der Waals surface area (Å²) in [5.74, 6) is 0.0814. The van der Waals surface area contributed by atoms with E-state index in [2.05, 4.69) is 101 Å². The van der Waals surface area contributed by atoms with E-state index in [0.29, 0.717) is 10.6 Å². The van der Waals surface area contributed by atoms with Crippen molar-refractivity contribution in [3.8, 4) is 27.8 Å². The second kappa shape index (κ2) is 12.6. The lowest BCUT2D eigenvalue weighted by Crippen LogP contribution is -2.43. The van der Waals surface area contributed by atoms with Crippen LogP contribution in [0.25, 0.3) is 27.3 Å². The van der Waals surface area contributed by atoms with Crippen LogP contribution in [0.4, 0.5) is 0 Å². The third kappa shape index (κ3) is 5.54. The number of nitriles is 1. The number of sulfone groups is 1. The van der Waals surface area contributed by atoms with E-state index in [1.165, 1.54) is 11.3 Å². The average molecular weight is 656 g/mol. The molecule has 1 unspecified atom stereocenters. The predicted octanol–water partition coefficient (Wildman–Crippen LogP) is 8.24. The second-order valence-electron chi connectivity index (χ2n) is 11.7. The molecule has 2 aromatic carbocycles. The quantitative estimate of drug-likeness (QED) is 0.139. The number of allylic oxidation sites excluding steroid dienone is 4. The van der Waals surface area contributed by atoms with Gasteiger partial charge in [0.2, 0.25) is 0 Å². The largest absolute Gasteiger partial charge is 0.298 e. The van der Waals surface area contributed by atoms with Crippen molar-refractivity contribution in [1.82, 2.24) is 19.2 Å². The Morgan fingerprint density at radius 2 is 1.70 bits per heavy atom. The van der Waals surface area contributed by atoms with Gasteiger partial charge in [-0.3, -0.25) is 9.08 Å². The monoisotopic (exact) mass is 655 g/mol. The van der Waals surface area contributed by atoms with Gasteiger partial charge in [0.25, 0.3) is 0 Å². The van der Waals surface area contributed by atoms with Crippen molar-refractivity contribution in [3.05, 3.63) is 145 Å². The Morgan fingerprint density at radius 1 is 0.957 bits per heavy atom. The highest BCUT2D eigenvalue weighted by atomic mass is 32.2. The molecule has 0 radical (unpaired) electrons. The SMILES string of the molecule is Cc1nn(C(c2ccccc2)(c2ccccc2)C2C=CC=CC2)cc1-c1ccc2ncc(-c3ccc(S(=O)(=O)CCCC#N)s3)n2c1. The molecule has 0 aliphatic heterocycles. The summed E-state index contributed by atoms with van der Waals surface area (Å²) in [4.78, 5) is 5.43. The molecule has 0 fully saturated rings. The van der Waals surface area contributed by atoms with Crippen molar-refractivity contribution in [1.29, 1.82) is 5.26 Å². The lowest BCUT2D eigenvalue weighted by molar-refractivity contribution is 0.292. The van der Waals surface area contributed by atoms with Gasteiger partial charge in [0, 0.05) is 35.9 Å². The van der Waals surface area contributed by atoms with Crippen LogP contribution in [0.2, 0.25) is 0 Å². The Morgan fingerprint density at radius 3 is 2.38 bits per heavy atom. The number of hydrogen-bond donors (Lipinski definition) is 0. The topological polar surface area (TPSA) is 93.0 Å². The molecule has 1 atom stereocenters. The minimum Gasteiger partial charge on any atom is -0.298 e. The molecule has 4 aromatic heterocycles. The molecule has 7 rings (SSSR count). The van der Waals surface area contributed by atoms with Crippen LogP contribution in [0, 0.1) is 24.2 Å². The highest BCUT2D eigenvalue weighted by Gasteiger charge is 2.44. The minimum atomic E-state index is -3.46. The molecular formula is C38H33N5O2S2. The maximum atomic E-state index is 12.9. The number of hydrogen-bond acceptors (Lipinski definition) is 6. The molecule has 0 spiro atoms. The van der Waals surface area contributed by atoms with Crippen molar-refractivity contribution in [3.63, 3.8) is 0 Å². The first-order valence-corrected chi connectivity index (χ1v) is 18.1. The number of aryl methyl sites for hydroxylation is 1. The van der Waals surface area contributed by atoms with Gasteiger partial charge in [-0.2, -0.15) is 10.4 Å². The zero-order valence-corrected chi connectivity index (χ0v) is 27.5. The summed E-state index contributed by atoms with van der Waals surface area (Å²) in [5.41, 5.74) is 6.20. The summed E-state index contributed by atoms with van der Waals surface area (Å²) < 4.78 is 30.3. The van der Waals surface area contributed by atoms with Gasteiger partial charge in [-0.1, -0.05) is 85.0 Å².